The van der Waals surface area contributed by atoms with Gasteiger partial charge in [-0.1, -0.05) is 38.1 Å². The maximum absolute atomic E-state index is 10.6. The molecule has 0 aliphatic heterocycles. The van der Waals surface area contributed by atoms with E-state index >= 15 is 0 Å². The first-order valence-corrected chi connectivity index (χ1v) is 9.32. The number of hydrogen-bond donors (Lipinski definition) is 1. The fourth-order valence-electron chi connectivity index (χ4n) is 3.16. The number of nitrogens with zero attached hydrogens (tertiary/aromatic N) is 2. The third-order valence-electron chi connectivity index (χ3n) is 4.91. The van der Waals surface area contributed by atoms with Gasteiger partial charge in [0.1, 0.15) is 24.3 Å². The zero-order valence-corrected chi connectivity index (χ0v) is 16.1. The van der Waals surface area contributed by atoms with Gasteiger partial charge in [0.05, 0.1) is 17.6 Å². The number of benzene rings is 2. The summed E-state index contributed by atoms with van der Waals surface area (Å²) in [4.78, 5) is 4.79. The molecule has 0 spiro atoms. The van der Waals surface area contributed by atoms with Crippen molar-refractivity contribution in [1.29, 1.82) is 0 Å². The van der Waals surface area contributed by atoms with Crippen molar-refractivity contribution in [1.82, 2.24) is 9.55 Å². The fraction of sp³-hybridized carbons (Fsp3) is 0.409. The molecular weight excluding hydrogens is 324 g/mol. The molecule has 3 rings (SSSR count). The van der Waals surface area contributed by atoms with Gasteiger partial charge in [-0.15, -0.1) is 0 Å². The predicted molar refractivity (Wildman–Crippen MR) is 106 cm³/mol. The summed E-state index contributed by atoms with van der Waals surface area (Å²) < 4.78 is 8.02. The Bertz CT molecular complexity index is 885. The molecule has 2 atom stereocenters. The first kappa shape index (κ1) is 18.5. The highest BCUT2D eigenvalue weighted by Gasteiger charge is 2.18. The van der Waals surface area contributed by atoms with Crippen molar-refractivity contribution in [2.24, 2.45) is 0 Å². The molecule has 0 bridgehead atoms. The molecule has 0 fully saturated rings. The van der Waals surface area contributed by atoms with Crippen LogP contribution in [0.3, 0.4) is 0 Å². The molecule has 0 amide bonds. The number of aliphatic hydroxyl groups excluding tert-OH is 1. The van der Waals surface area contributed by atoms with Crippen LogP contribution in [-0.4, -0.2) is 27.4 Å². The highest BCUT2D eigenvalue weighted by atomic mass is 16.5. The van der Waals surface area contributed by atoms with Crippen molar-refractivity contribution >= 4 is 11.0 Å². The molecule has 26 heavy (non-hydrogen) atoms. The molecule has 138 valence electrons. The highest BCUT2D eigenvalue weighted by molar-refractivity contribution is 5.76. The Morgan fingerprint density at radius 1 is 1.15 bits per heavy atom. The van der Waals surface area contributed by atoms with Crippen LogP contribution in [0.15, 0.2) is 42.5 Å². The Morgan fingerprint density at radius 3 is 2.69 bits per heavy atom. The van der Waals surface area contributed by atoms with Gasteiger partial charge in [0.25, 0.3) is 0 Å². The lowest BCUT2D eigenvalue weighted by atomic mass is 10.1. The van der Waals surface area contributed by atoms with E-state index in [0.717, 1.165) is 40.2 Å². The van der Waals surface area contributed by atoms with Crippen LogP contribution in [-0.2, 0) is 6.54 Å². The average Bonchev–Trinajstić information content (AvgIpc) is 3.00. The number of aliphatic hydroxyl groups is 1. The summed E-state index contributed by atoms with van der Waals surface area (Å²) >= 11 is 0. The number of rotatable bonds is 7. The molecule has 0 aliphatic rings. The van der Waals surface area contributed by atoms with E-state index in [1.807, 2.05) is 44.2 Å². The molecule has 4 heteroatoms. The van der Waals surface area contributed by atoms with Crippen molar-refractivity contribution in [3.63, 3.8) is 0 Å². The van der Waals surface area contributed by atoms with Gasteiger partial charge in [-0.05, 0) is 49.6 Å². The first-order chi connectivity index (χ1) is 12.5. The van der Waals surface area contributed by atoms with Gasteiger partial charge in [-0.2, -0.15) is 0 Å². The van der Waals surface area contributed by atoms with Gasteiger partial charge < -0.3 is 14.4 Å². The second-order valence-electron chi connectivity index (χ2n) is 7.11. The maximum atomic E-state index is 10.6. The molecule has 0 aliphatic carbocycles. The number of imidazole rings is 1. The largest absolute Gasteiger partial charge is 0.491 e. The first-order valence-electron chi connectivity index (χ1n) is 9.32. The van der Waals surface area contributed by atoms with Gasteiger partial charge in [0.2, 0.25) is 0 Å². The number of hydrogen-bond acceptors (Lipinski definition) is 3. The lowest BCUT2D eigenvalue weighted by Gasteiger charge is -2.18. The monoisotopic (exact) mass is 352 g/mol. The summed E-state index contributed by atoms with van der Waals surface area (Å²) in [5, 5.41) is 10.6. The van der Waals surface area contributed by atoms with Gasteiger partial charge in [0, 0.05) is 5.92 Å². The maximum Gasteiger partial charge on any atom is 0.122 e. The predicted octanol–water partition coefficient (Wildman–Crippen LogP) is 4.61. The average molecular weight is 352 g/mol. The van der Waals surface area contributed by atoms with E-state index in [9.17, 15) is 5.11 Å². The van der Waals surface area contributed by atoms with Crippen LogP contribution in [0.2, 0.25) is 0 Å². The second kappa shape index (κ2) is 7.92. The minimum Gasteiger partial charge on any atom is -0.491 e. The molecule has 0 radical (unpaired) electrons. The minimum atomic E-state index is -0.602. The van der Waals surface area contributed by atoms with Gasteiger partial charge in [0.15, 0.2) is 0 Å². The van der Waals surface area contributed by atoms with Crippen LogP contribution in [0.4, 0.5) is 0 Å². The molecule has 2 aromatic carbocycles. The Morgan fingerprint density at radius 2 is 1.92 bits per heavy atom. The normalized spacial score (nSPS) is 13.7. The van der Waals surface area contributed by atoms with E-state index in [2.05, 4.69) is 30.5 Å². The number of aryl methyl sites for hydroxylation is 2. The SMILES string of the molecule is CCC(C)c1nc2ccccc2n1CC(O)COc1cc(C)ccc1C. The van der Waals surface area contributed by atoms with Crippen molar-refractivity contribution in [2.45, 2.75) is 52.7 Å². The topological polar surface area (TPSA) is 47.3 Å². The molecule has 3 aromatic rings. The van der Waals surface area contributed by atoms with Crippen molar-refractivity contribution in [3.8, 4) is 5.75 Å². The second-order valence-corrected chi connectivity index (χ2v) is 7.11. The number of fused-ring (bicyclic) bond motifs is 1. The van der Waals surface area contributed by atoms with Crippen LogP contribution in [0.5, 0.6) is 5.75 Å². The van der Waals surface area contributed by atoms with Crippen LogP contribution in [0.1, 0.15) is 43.1 Å². The molecular formula is C22H28N2O2. The molecule has 0 saturated carbocycles. The Kier molecular flexibility index (Phi) is 5.62. The van der Waals surface area contributed by atoms with Crippen molar-refractivity contribution in [2.75, 3.05) is 6.61 Å². The minimum absolute atomic E-state index is 0.261. The van der Waals surface area contributed by atoms with Crippen LogP contribution < -0.4 is 4.74 Å². The van der Waals surface area contributed by atoms with Crippen molar-refractivity contribution < 1.29 is 9.84 Å². The smallest absolute Gasteiger partial charge is 0.122 e. The van der Waals surface area contributed by atoms with E-state index in [0.29, 0.717) is 12.5 Å². The van der Waals surface area contributed by atoms with Crippen LogP contribution in [0, 0.1) is 13.8 Å². The summed E-state index contributed by atoms with van der Waals surface area (Å²) in [6, 6.07) is 14.2. The Hall–Kier alpha value is -2.33. The number of aromatic nitrogens is 2. The van der Waals surface area contributed by atoms with Gasteiger partial charge >= 0.3 is 0 Å². The molecule has 0 saturated heterocycles. The molecule has 2 unspecified atom stereocenters. The fourth-order valence-corrected chi connectivity index (χ4v) is 3.16. The highest BCUT2D eigenvalue weighted by Crippen LogP contribution is 2.25. The summed E-state index contributed by atoms with van der Waals surface area (Å²) in [6.07, 6.45) is 0.411. The third kappa shape index (κ3) is 3.91. The lowest BCUT2D eigenvalue weighted by Crippen LogP contribution is -2.25. The molecule has 1 heterocycles. The zero-order valence-electron chi connectivity index (χ0n) is 16.1. The summed E-state index contributed by atoms with van der Waals surface area (Å²) in [5.41, 5.74) is 4.27. The lowest BCUT2D eigenvalue weighted by molar-refractivity contribution is 0.0921. The molecule has 1 N–H and O–H groups in total. The Balaban J connectivity index is 1.78. The van der Waals surface area contributed by atoms with E-state index in [1.165, 1.54) is 0 Å². The van der Waals surface area contributed by atoms with E-state index < -0.39 is 6.10 Å². The van der Waals surface area contributed by atoms with Crippen LogP contribution >= 0.6 is 0 Å². The number of para-hydroxylation sites is 2. The van der Waals surface area contributed by atoms with E-state index in [-0.39, 0.29) is 6.61 Å². The Labute approximate surface area is 155 Å². The van der Waals surface area contributed by atoms with E-state index in [4.69, 9.17) is 9.72 Å². The summed E-state index contributed by atoms with van der Waals surface area (Å²) in [7, 11) is 0. The summed E-state index contributed by atoms with van der Waals surface area (Å²) in [5.74, 6) is 2.20. The summed E-state index contributed by atoms with van der Waals surface area (Å²) in [6.45, 7) is 9.14. The zero-order chi connectivity index (χ0) is 18.7. The quantitative estimate of drug-likeness (QED) is 0.676. The third-order valence-corrected chi connectivity index (χ3v) is 4.91. The van der Waals surface area contributed by atoms with Crippen LogP contribution in [0.25, 0.3) is 11.0 Å². The van der Waals surface area contributed by atoms with Gasteiger partial charge in [-0.3, -0.25) is 0 Å². The van der Waals surface area contributed by atoms with Gasteiger partial charge in [-0.25, -0.2) is 4.98 Å². The molecule has 4 nitrogen and oxygen atoms in total. The van der Waals surface area contributed by atoms with Crippen molar-refractivity contribution in [3.05, 3.63) is 59.4 Å². The number of ether oxygens (including phenoxy) is 1. The van der Waals surface area contributed by atoms with E-state index in [1.54, 1.807) is 0 Å². The molecule has 1 aromatic heterocycles. The standard InChI is InChI=1S/C22H28N2O2/c1-5-16(3)22-23-19-8-6-7-9-20(19)24(22)13-18(25)14-26-21-12-15(2)10-11-17(21)4/h6-12,16,18,25H,5,13-14H2,1-4H3.